The van der Waals surface area contributed by atoms with Crippen LogP contribution in [0.25, 0.3) is 10.9 Å². The largest absolute Gasteiger partial charge is 0.384 e. The first kappa shape index (κ1) is 19.4. The monoisotopic (exact) mass is 373 g/mol. The summed E-state index contributed by atoms with van der Waals surface area (Å²) >= 11 is 6.19. The van der Waals surface area contributed by atoms with Gasteiger partial charge >= 0.3 is 0 Å². The van der Waals surface area contributed by atoms with E-state index in [2.05, 4.69) is 11.4 Å². The van der Waals surface area contributed by atoms with Crippen LogP contribution in [0.1, 0.15) is 69.0 Å². The number of nitrogens with zero attached hydrogens (tertiary/aromatic N) is 1. The molecule has 1 heterocycles. The molecule has 0 amide bonds. The number of unbranched alkanes of at least 4 members (excludes halogenated alkanes) is 6. The number of halogens is 1. The quantitative estimate of drug-likeness (QED) is 0.512. The van der Waals surface area contributed by atoms with E-state index in [0.717, 1.165) is 36.5 Å². The average molecular weight is 374 g/mol. The van der Waals surface area contributed by atoms with Crippen molar-refractivity contribution in [1.82, 2.24) is 4.98 Å². The third-order valence-corrected chi connectivity index (χ3v) is 5.64. The summed E-state index contributed by atoms with van der Waals surface area (Å²) in [4.78, 5) is 4.90. The van der Waals surface area contributed by atoms with E-state index in [1.807, 2.05) is 12.1 Å². The highest BCUT2D eigenvalue weighted by molar-refractivity contribution is 6.31. The molecule has 0 atom stereocenters. The lowest BCUT2D eigenvalue weighted by molar-refractivity contribution is 0.588. The molecule has 0 bridgehead atoms. The van der Waals surface area contributed by atoms with Crippen molar-refractivity contribution in [2.75, 3.05) is 18.4 Å². The first-order chi connectivity index (χ1) is 12.8. The molecule has 0 spiro atoms. The van der Waals surface area contributed by atoms with Crippen molar-refractivity contribution in [3.63, 3.8) is 0 Å². The molecule has 1 aromatic heterocycles. The van der Waals surface area contributed by atoms with Gasteiger partial charge in [-0.25, -0.2) is 0 Å². The number of pyridine rings is 1. The van der Waals surface area contributed by atoms with Crippen LogP contribution in [0, 0.1) is 0 Å². The maximum Gasteiger partial charge on any atom is 0.0741 e. The van der Waals surface area contributed by atoms with Crippen LogP contribution < -0.4 is 11.1 Å². The van der Waals surface area contributed by atoms with Gasteiger partial charge in [0.15, 0.2) is 0 Å². The Morgan fingerprint density at radius 1 is 0.962 bits per heavy atom. The van der Waals surface area contributed by atoms with Crippen molar-refractivity contribution in [2.45, 2.75) is 70.6 Å². The minimum Gasteiger partial charge on any atom is -0.384 e. The summed E-state index contributed by atoms with van der Waals surface area (Å²) in [6, 6.07) is 6.10. The van der Waals surface area contributed by atoms with Crippen molar-refractivity contribution < 1.29 is 0 Å². The molecule has 0 unspecified atom stereocenters. The van der Waals surface area contributed by atoms with E-state index in [0.29, 0.717) is 0 Å². The molecule has 0 aliphatic heterocycles. The Kier molecular flexibility index (Phi) is 7.57. The number of nitrogens with two attached hydrogens (primary N) is 1. The standard InChI is InChI=1S/C22H32ClN3/c23-17-12-13-19-21(16-17)26-20-11-7-6-10-18(20)22(19)25-15-9-5-3-1-2-4-8-14-24/h12-13,16H,1-11,14-15,24H2,(H,25,26). The maximum absolute atomic E-state index is 6.19. The van der Waals surface area contributed by atoms with Crippen LogP contribution in [0.4, 0.5) is 5.69 Å². The van der Waals surface area contributed by atoms with Crippen molar-refractivity contribution in [1.29, 1.82) is 0 Å². The van der Waals surface area contributed by atoms with Crippen molar-refractivity contribution >= 4 is 28.2 Å². The molecular weight excluding hydrogens is 342 g/mol. The van der Waals surface area contributed by atoms with E-state index in [9.17, 15) is 0 Å². The van der Waals surface area contributed by atoms with E-state index in [4.69, 9.17) is 22.3 Å². The minimum atomic E-state index is 0.765. The molecule has 1 aliphatic carbocycles. The molecule has 1 aromatic carbocycles. The number of aryl methyl sites for hydroxylation is 1. The van der Waals surface area contributed by atoms with E-state index >= 15 is 0 Å². The third-order valence-electron chi connectivity index (χ3n) is 5.41. The zero-order valence-corrected chi connectivity index (χ0v) is 16.6. The van der Waals surface area contributed by atoms with Gasteiger partial charge in [0.2, 0.25) is 0 Å². The minimum absolute atomic E-state index is 0.765. The first-order valence-electron chi connectivity index (χ1n) is 10.3. The Morgan fingerprint density at radius 3 is 2.50 bits per heavy atom. The van der Waals surface area contributed by atoms with E-state index in [-0.39, 0.29) is 0 Å². The van der Waals surface area contributed by atoms with Gasteiger partial charge in [0.05, 0.1) is 5.52 Å². The molecule has 0 saturated heterocycles. The number of nitrogens with one attached hydrogen (secondary N) is 1. The molecule has 3 nitrogen and oxygen atoms in total. The van der Waals surface area contributed by atoms with Crippen molar-refractivity contribution in [3.8, 4) is 0 Å². The zero-order chi connectivity index (χ0) is 18.2. The molecule has 0 radical (unpaired) electrons. The molecule has 0 fully saturated rings. The van der Waals surface area contributed by atoms with Crippen LogP contribution in [-0.4, -0.2) is 18.1 Å². The molecule has 4 heteroatoms. The average Bonchev–Trinajstić information content (AvgIpc) is 2.65. The highest BCUT2D eigenvalue weighted by atomic mass is 35.5. The molecule has 1 aliphatic rings. The Morgan fingerprint density at radius 2 is 1.69 bits per heavy atom. The van der Waals surface area contributed by atoms with Crippen LogP contribution in [-0.2, 0) is 12.8 Å². The van der Waals surface area contributed by atoms with Crippen LogP contribution >= 0.6 is 11.6 Å². The van der Waals surface area contributed by atoms with Gasteiger partial charge in [0, 0.05) is 28.3 Å². The fourth-order valence-electron chi connectivity index (χ4n) is 3.97. The maximum atomic E-state index is 6.19. The van der Waals surface area contributed by atoms with Crippen molar-refractivity contribution in [2.24, 2.45) is 5.73 Å². The summed E-state index contributed by atoms with van der Waals surface area (Å²) in [7, 11) is 0. The fourth-order valence-corrected chi connectivity index (χ4v) is 4.13. The predicted octanol–water partition coefficient (Wildman–Crippen LogP) is 5.87. The Bertz CT molecular complexity index is 714. The van der Waals surface area contributed by atoms with Gasteiger partial charge in [-0.3, -0.25) is 4.98 Å². The summed E-state index contributed by atoms with van der Waals surface area (Å²) in [6.45, 7) is 1.87. The summed E-state index contributed by atoms with van der Waals surface area (Å²) in [5.41, 5.74) is 10.6. The van der Waals surface area contributed by atoms with Gasteiger partial charge in [0.25, 0.3) is 0 Å². The number of aromatic nitrogens is 1. The van der Waals surface area contributed by atoms with E-state index in [1.165, 1.54) is 80.1 Å². The van der Waals surface area contributed by atoms with Gasteiger partial charge in [-0.05, 0) is 68.8 Å². The van der Waals surface area contributed by atoms with Crippen molar-refractivity contribution in [3.05, 3.63) is 34.5 Å². The number of anilines is 1. The Balaban J connectivity index is 1.58. The topological polar surface area (TPSA) is 50.9 Å². The molecule has 0 saturated carbocycles. The van der Waals surface area contributed by atoms with E-state index < -0.39 is 0 Å². The number of fused-ring (bicyclic) bond motifs is 2. The number of hydrogen-bond acceptors (Lipinski definition) is 3. The summed E-state index contributed by atoms with van der Waals surface area (Å²) in [5.74, 6) is 0. The Labute approximate surface area is 162 Å². The van der Waals surface area contributed by atoms with Gasteiger partial charge < -0.3 is 11.1 Å². The molecule has 3 rings (SSSR count). The molecule has 2 aromatic rings. The van der Waals surface area contributed by atoms with Crippen LogP contribution in [0.2, 0.25) is 5.02 Å². The SMILES string of the molecule is NCCCCCCCCCNc1c2c(nc3cc(Cl)ccc13)CCCC2. The van der Waals surface area contributed by atoms with Gasteiger partial charge in [-0.15, -0.1) is 0 Å². The predicted molar refractivity (Wildman–Crippen MR) is 113 cm³/mol. The summed E-state index contributed by atoms with van der Waals surface area (Å²) in [6.07, 6.45) is 13.7. The number of benzene rings is 1. The second-order valence-corrected chi connectivity index (χ2v) is 7.91. The normalized spacial score (nSPS) is 13.8. The second kappa shape index (κ2) is 10.1. The first-order valence-corrected chi connectivity index (χ1v) is 10.7. The molecule has 3 N–H and O–H groups in total. The number of hydrogen-bond donors (Lipinski definition) is 2. The highest BCUT2D eigenvalue weighted by Gasteiger charge is 2.18. The van der Waals surface area contributed by atoms with Gasteiger partial charge in [-0.2, -0.15) is 0 Å². The number of rotatable bonds is 10. The van der Waals surface area contributed by atoms with Crippen LogP contribution in [0.3, 0.4) is 0 Å². The lowest BCUT2D eigenvalue weighted by Crippen LogP contribution is -2.12. The highest BCUT2D eigenvalue weighted by Crippen LogP contribution is 2.34. The smallest absolute Gasteiger partial charge is 0.0741 e. The van der Waals surface area contributed by atoms with Crippen LogP contribution in [0.15, 0.2) is 18.2 Å². The molecule has 26 heavy (non-hydrogen) atoms. The molecule has 142 valence electrons. The molecular formula is C22H32ClN3. The summed E-state index contributed by atoms with van der Waals surface area (Å²) in [5, 5.41) is 5.73. The summed E-state index contributed by atoms with van der Waals surface area (Å²) < 4.78 is 0. The second-order valence-electron chi connectivity index (χ2n) is 7.47. The van der Waals surface area contributed by atoms with Gasteiger partial charge in [0.1, 0.15) is 0 Å². The van der Waals surface area contributed by atoms with Gasteiger partial charge in [-0.1, -0.05) is 43.7 Å². The zero-order valence-electron chi connectivity index (χ0n) is 15.8. The lowest BCUT2D eigenvalue weighted by atomic mass is 9.92. The lowest BCUT2D eigenvalue weighted by Gasteiger charge is -2.22. The third kappa shape index (κ3) is 5.11. The van der Waals surface area contributed by atoms with Crippen LogP contribution in [0.5, 0.6) is 0 Å². The Hall–Kier alpha value is -1.32. The van der Waals surface area contributed by atoms with E-state index in [1.54, 1.807) is 0 Å². The fraction of sp³-hybridized carbons (Fsp3) is 0.591.